The summed E-state index contributed by atoms with van der Waals surface area (Å²) in [5.74, 6) is -1.39. The van der Waals surface area contributed by atoms with Crippen molar-refractivity contribution >= 4 is 18.0 Å². The average Bonchev–Trinajstić information content (AvgIpc) is 3.20. The quantitative estimate of drug-likeness (QED) is 0.453. The average molecular weight is 475 g/mol. The number of hydrogen-bond donors (Lipinski definition) is 2. The summed E-state index contributed by atoms with van der Waals surface area (Å²) < 4.78 is 15.5. The van der Waals surface area contributed by atoms with Crippen LogP contribution in [0.15, 0.2) is 72.8 Å². The number of esters is 1. The van der Waals surface area contributed by atoms with Gasteiger partial charge in [0.05, 0.1) is 7.11 Å². The summed E-state index contributed by atoms with van der Waals surface area (Å²) in [6.07, 6.45) is -0.556. The van der Waals surface area contributed by atoms with Crippen LogP contribution in [0.4, 0.5) is 4.79 Å². The van der Waals surface area contributed by atoms with Gasteiger partial charge >= 0.3 is 18.0 Å². The summed E-state index contributed by atoms with van der Waals surface area (Å²) in [7, 11) is 1.25. The lowest BCUT2D eigenvalue weighted by Gasteiger charge is -2.18. The first-order valence-corrected chi connectivity index (χ1v) is 11.1. The summed E-state index contributed by atoms with van der Waals surface area (Å²) in [6, 6.07) is 21.7. The molecule has 8 nitrogen and oxygen atoms in total. The minimum Gasteiger partial charge on any atom is -0.482 e. The Morgan fingerprint density at radius 3 is 2.09 bits per heavy atom. The maximum Gasteiger partial charge on any atom is 0.407 e. The highest BCUT2D eigenvalue weighted by Gasteiger charge is 2.30. The van der Waals surface area contributed by atoms with Crippen molar-refractivity contribution in [1.29, 1.82) is 0 Å². The first kappa shape index (κ1) is 23.8. The van der Waals surface area contributed by atoms with Gasteiger partial charge in [-0.1, -0.05) is 60.7 Å². The van der Waals surface area contributed by atoms with E-state index in [1.54, 1.807) is 24.3 Å². The lowest BCUT2D eigenvalue weighted by atomic mass is 9.98. The van der Waals surface area contributed by atoms with Crippen molar-refractivity contribution in [2.75, 3.05) is 20.3 Å². The summed E-state index contributed by atoms with van der Waals surface area (Å²) in [6.45, 7) is -0.323. The number of rotatable bonds is 9. The second-order valence-corrected chi connectivity index (χ2v) is 8.08. The van der Waals surface area contributed by atoms with Crippen LogP contribution in [0.3, 0.4) is 0 Å². The molecule has 3 aromatic rings. The van der Waals surface area contributed by atoms with E-state index in [4.69, 9.17) is 19.3 Å². The smallest absolute Gasteiger partial charge is 0.407 e. The molecule has 0 fully saturated rings. The maximum atomic E-state index is 12.6. The summed E-state index contributed by atoms with van der Waals surface area (Å²) in [4.78, 5) is 35.6. The highest BCUT2D eigenvalue weighted by Crippen LogP contribution is 2.44. The van der Waals surface area contributed by atoms with Gasteiger partial charge in [0.15, 0.2) is 6.61 Å². The van der Waals surface area contributed by atoms with Crippen molar-refractivity contribution in [3.05, 3.63) is 89.5 Å². The zero-order valence-electron chi connectivity index (χ0n) is 19.1. The molecule has 1 aliphatic rings. The van der Waals surface area contributed by atoms with E-state index in [1.807, 2.05) is 36.4 Å². The van der Waals surface area contributed by atoms with E-state index in [1.165, 1.54) is 7.11 Å². The first-order valence-electron chi connectivity index (χ1n) is 11.1. The number of methoxy groups -OCH3 is 1. The van der Waals surface area contributed by atoms with Crippen LogP contribution in [0.2, 0.25) is 0 Å². The monoisotopic (exact) mass is 475 g/mol. The Labute approximate surface area is 202 Å². The zero-order valence-corrected chi connectivity index (χ0v) is 19.1. The normalized spacial score (nSPS) is 12.7. The van der Waals surface area contributed by atoms with Gasteiger partial charge < -0.3 is 24.6 Å². The molecule has 0 radical (unpaired) electrons. The second-order valence-electron chi connectivity index (χ2n) is 8.08. The minimum absolute atomic E-state index is 0.0944. The van der Waals surface area contributed by atoms with Crippen molar-refractivity contribution < 1.29 is 33.7 Å². The van der Waals surface area contributed by atoms with E-state index in [9.17, 15) is 14.4 Å². The highest BCUT2D eigenvalue weighted by molar-refractivity contribution is 5.82. The number of aliphatic carboxylic acids is 1. The molecule has 1 aliphatic carbocycles. The molecule has 1 amide bonds. The molecule has 0 aliphatic heterocycles. The molecule has 0 saturated heterocycles. The van der Waals surface area contributed by atoms with Gasteiger partial charge in [-0.3, -0.25) is 0 Å². The number of fused-ring (bicyclic) bond motifs is 3. The third-order valence-corrected chi connectivity index (χ3v) is 5.85. The van der Waals surface area contributed by atoms with E-state index in [0.717, 1.165) is 27.8 Å². The number of hydrogen-bond acceptors (Lipinski definition) is 6. The largest absolute Gasteiger partial charge is 0.482 e. The Kier molecular flexibility index (Phi) is 7.30. The highest BCUT2D eigenvalue weighted by atomic mass is 16.6. The van der Waals surface area contributed by atoms with Crippen LogP contribution in [-0.2, 0) is 25.5 Å². The van der Waals surface area contributed by atoms with Gasteiger partial charge in [0.25, 0.3) is 0 Å². The van der Waals surface area contributed by atoms with Crippen molar-refractivity contribution in [3.63, 3.8) is 0 Å². The SMILES string of the molecule is COC(=O)[C@H](Cc1ccc(OCC(=O)O)cc1)NC(=O)OCC1c2ccccc2-c2ccccc21. The number of carbonyl (C=O) groups excluding carboxylic acids is 2. The van der Waals surface area contributed by atoms with Crippen LogP contribution in [0.5, 0.6) is 5.75 Å². The third kappa shape index (κ3) is 5.60. The van der Waals surface area contributed by atoms with Crippen LogP contribution in [-0.4, -0.2) is 49.5 Å². The lowest BCUT2D eigenvalue weighted by molar-refractivity contribution is -0.143. The molecular weight excluding hydrogens is 450 g/mol. The molecule has 35 heavy (non-hydrogen) atoms. The number of carbonyl (C=O) groups is 3. The molecule has 0 unspecified atom stereocenters. The zero-order chi connectivity index (χ0) is 24.8. The second kappa shape index (κ2) is 10.7. The number of carboxylic acid groups (broad SMARTS) is 1. The van der Waals surface area contributed by atoms with Gasteiger partial charge in [0.1, 0.15) is 18.4 Å². The third-order valence-electron chi connectivity index (χ3n) is 5.85. The molecule has 0 spiro atoms. The molecule has 8 heteroatoms. The molecular formula is C27H25NO7. The number of benzene rings is 3. The Bertz CT molecular complexity index is 1180. The van der Waals surface area contributed by atoms with Crippen LogP contribution in [0.1, 0.15) is 22.6 Å². The summed E-state index contributed by atoms with van der Waals surface area (Å²) in [5.41, 5.74) is 5.16. The van der Waals surface area contributed by atoms with Crippen molar-refractivity contribution in [2.24, 2.45) is 0 Å². The van der Waals surface area contributed by atoms with Crippen molar-refractivity contribution in [3.8, 4) is 16.9 Å². The molecule has 1 atom stereocenters. The number of amides is 1. The minimum atomic E-state index is -1.08. The molecule has 2 N–H and O–H groups in total. The number of ether oxygens (including phenoxy) is 3. The molecule has 0 saturated carbocycles. The van der Waals surface area contributed by atoms with E-state index in [0.29, 0.717) is 5.75 Å². The van der Waals surface area contributed by atoms with Crippen LogP contribution < -0.4 is 10.1 Å². The van der Waals surface area contributed by atoms with Gasteiger partial charge in [-0.15, -0.1) is 0 Å². The van der Waals surface area contributed by atoms with E-state index < -0.39 is 30.7 Å². The van der Waals surface area contributed by atoms with Crippen molar-refractivity contribution in [2.45, 2.75) is 18.4 Å². The number of carboxylic acids is 1. The van der Waals surface area contributed by atoms with E-state index >= 15 is 0 Å². The molecule has 180 valence electrons. The fourth-order valence-electron chi connectivity index (χ4n) is 4.22. The summed E-state index contributed by atoms with van der Waals surface area (Å²) in [5, 5.41) is 11.3. The van der Waals surface area contributed by atoms with E-state index in [-0.39, 0.29) is 18.9 Å². The fraction of sp³-hybridized carbons (Fsp3) is 0.222. The van der Waals surface area contributed by atoms with Crippen molar-refractivity contribution in [1.82, 2.24) is 5.32 Å². The topological polar surface area (TPSA) is 111 Å². The molecule has 0 aromatic heterocycles. The van der Waals surface area contributed by atoms with Crippen LogP contribution >= 0.6 is 0 Å². The fourth-order valence-corrected chi connectivity index (χ4v) is 4.22. The predicted octanol–water partition coefficient (Wildman–Crippen LogP) is 3.77. The summed E-state index contributed by atoms with van der Waals surface area (Å²) >= 11 is 0. The Balaban J connectivity index is 1.39. The Morgan fingerprint density at radius 1 is 0.914 bits per heavy atom. The van der Waals surface area contributed by atoms with Gasteiger partial charge in [-0.05, 0) is 39.9 Å². The molecule has 0 bridgehead atoms. The van der Waals surface area contributed by atoms with Gasteiger partial charge in [-0.25, -0.2) is 14.4 Å². The van der Waals surface area contributed by atoms with E-state index in [2.05, 4.69) is 17.4 Å². The predicted molar refractivity (Wildman–Crippen MR) is 127 cm³/mol. The van der Waals surface area contributed by atoms with Gasteiger partial charge in [0.2, 0.25) is 0 Å². The number of nitrogens with one attached hydrogen (secondary N) is 1. The molecule has 0 heterocycles. The van der Waals surface area contributed by atoms with Gasteiger partial charge in [0, 0.05) is 12.3 Å². The molecule has 4 rings (SSSR count). The molecule has 3 aromatic carbocycles. The lowest BCUT2D eigenvalue weighted by Crippen LogP contribution is -2.43. The van der Waals surface area contributed by atoms with Crippen LogP contribution in [0.25, 0.3) is 11.1 Å². The number of alkyl carbamates (subject to hydrolysis) is 1. The van der Waals surface area contributed by atoms with Crippen LogP contribution in [0, 0.1) is 0 Å². The first-order chi connectivity index (χ1) is 17.0. The van der Waals surface area contributed by atoms with Gasteiger partial charge in [-0.2, -0.15) is 0 Å². The Hall–Kier alpha value is -4.33. The standard InChI is InChI=1S/C27H25NO7/c1-33-26(31)24(14-17-10-12-18(13-11-17)34-16-25(29)30)28-27(32)35-15-23-21-8-4-2-6-19(21)20-7-3-5-9-22(20)23/h2-13,23-24H,14-16H2,1H3,(H,28,32)(H,29,30)/t24-/m0/s1. The maximum absolute atomic E-state index is 12.6. The Morgan fingerprint density at radius 2 is 1.51 bits per heavy atom.